The van der Waals surface area contributed by atoms with Crippen molar-refractivity contribution in [3.8, 4) is 5.75 Å². The number of carbonyl (C=O) groups excluding carboxylic acids is 1. The molecule has 0 unspecified atom stereocenters. The molecule has 4 aromatic rings. The number of nitrogens with one attached hydrogen (secondary N) is 1. The molecule has 4 nitrogen and oxygen atoms in total. The summed E-state index contributed by atoms with van der Waals surface area (Å²) in [6, 6.07) is 16.7. The van der Waals surface area contributed by atoms with Crippen molar-refractivity contribution in [1.29, 1.82) is 0 Å². The zero-order valence-electron chi connectivity index (χ0n) is 14.8. The number of carbonyl (C=O) groups is 1. The van der Waals surface area contributed by atoms with Gasteiger partial charge in [0.15, 0.2) is 0 Å². The largest absolute Gasteiger partial charge is 0.495 e. The van der Waals surface area contributed by atoms with E-state index in [0.29, 0.717) is 32.6 Å². The zero-order valence-corrected chi connectivity index (χ0v) is 16.3. The molecule has 1 aromatic heterocycles. The molecule has 0 fully saturated rings. The number of furan rings is 1. The monoisotopic (exact) mass is 411 g/mol. The maximum absolute atomic E-state index is 12.3. The van der Waals surface area contributed by atoms with Gasteiger partial charge in [0.05, 0.1) is 12.1 Å². The predicted molar refractivity (Wildman–Crippen MR) is 114 cm³/mol. The third kappa shape index (κ3) is 3.57. The average Bonchev–Trinajstić information content (AvgIpc) is 3.03. The number of fused-ring (bicyclic) bond motifs is 3. The molecule has 1 amide bonds. The van der Waals surface area contributed by atoms with E-state index >= 15 is 0 Å². The number of benzene rings is 3. The van der Waals surface area contributed by atoms with Gasteiger partial charge in [-0.15, -0.1) is 0 Å². The fourth-order valence-electron chi connectivity index (χ4n) is 3.07. The minimum atomic E-state index is -0.298. The maximum Gasteiger partial charge on any atom is 0.248 e. The highest BCUT2D eigenvalue weighted by Gasteiger charge is 2.09. The van der Waals surface area contributed by atoms with Gasteiger partial charge in [-0.05, 0) is 36.4 Å². The molecule has 0 bridgehead atoms. The quantitative estimate of drug-likeness (QED) is 0.387. The Bertz CT molecular complexity index is 1230. The summed E-state index contributed by atoms with van der Waals surface area (Å²) in [4.78, 5) is 12.3. The molecule has 6 heteroatoms. The standard InChI is InChI=1S/C22H15Cl2NO3/c1-27-22-13(10-14(23)11-18(22)24)6-9-21(26)25-15-7-8-17-16-4-2-3-5-19(16)28-20(17)12-15/h2-12H,1H3,(H,25,26). The fourth-order valence-corrected chi connectivity index (χ4v) is 3.66. The third-order valence-corrected chi connectivity index (χ3v) is 4.80. The van der Waals surface area contributed by atoms with Gasteiger partial charge in [0.2, 0.25) is 5.91 Å². The second kappa shape index (κ2) is 7.58. The van der Waals surface area contributed by atoms with Crippen molar-refractivity contribution in [3.05, 3.63) is 76.3 Å². The second-order valence-corrected chi connectivity index (χ2v) is 6.99. The van der Waals surface area contributed by atoms with Crippen molar-refractivity contribution in [2.75, 3.05) is 12.4 Å². The molecule has 1 N–H and O–H groups in total. The minimum absolute atomic E-state index is 0.298. The molecular formula is C22H15Cl2NO3. The van der Waals surface area contributed by atoms with Crippen LogP contribution < -0.4 is 10.1 Å². The molecule has 0 aliphatic carbocycles. The topological polar surface area (TPSA) is 51.5 Å². The first kappa shape index (κ1) is 18.4. The van der Waals surface area contributed by atoms with E-state index in [1.165, 1.54) is 13.2 Å². The number of hydrogen-bond donors (Lipinski definition) is 1. The lowest BCUT2D eigenvalue weighted by Crippen LogP contribution is -2.07. The molecule has 0 aliphatic heterocycles. The Morgan fingerprint density at radius 3 is 2.64 bits per heavy atom. The molecule has 0 saturated heterocycles. The van der Waals surface area contributed by atoms with Crippen LogP contribution in [-0.2, 0) is 4.79 Å². The second-order valence-electron chi connectivity index (χ2n) is 6.14. The Morgan fingerprint density at radius 1 is 1.04 bits per heavy atom. The predicted octanol–water partition coefficient (Wildman–Crippen LogP) is 6.55. The van der Waals surface area contributed by atoms with Crippen molar-refractivity contribution in [1.82, 2.24) is 0 Å². The molecule has 1 heterocycles. The van der Waals surface area contributed by atoms with Crippen LogP contribution in [0, 0.1) is 0 Å². The summed E-state index contributed by atoms with van der Waals surface area (Å²) >= 11 is 12.1. The lowest BCUT2D eigenvalue weighted by atomic mass is 10.1. The Hall–Kier alpha value is -2.95. The molecule has 140 valence electrons. The highest BCUT2D eigenvalue weighted by Crippen LogP contribution is 2.33. The Morgan fingerprint density at radius 2 is 1.82 bits per heavy atom. The van der Waals surface area contributed by atoms with Crippen LogP contribution in [0.3, 0.4) is 0 Å². The summed E-state index contributed by atoms with van der Waals surface area (Å²) in [5.74, 6) is 0.160. The van der Waals surface area contributed by atoms with E-state index in [0.717, 1.165) is 16.4 Å². The molecule has 0 radical (unpaired) electrons. The lowest BCUT2D eigenvalue weighted by molar-refractivity contribution is -0.111. The van der Waals surface area contributed by atoms with E-state index in [1.807, 2.05) is 36.4 Å². The number of hydrogen-bond acceptors (Lipinski definition) is 3. The molecule has 0 atom stereocenters. The summed E-state index contributed by atoms with van der Waals surface area (Å²) in [6.07, 6.45) is 3.00. The van der Waals surface area contributed by atoms with E-state index in [4.69, 9.17) is 32.4 Å². The minimum Gasteiger partial charge on any atom is -0.495 e. The van der Waals surface area contributed by atoms with Crippen molar-refractivity contribution in [2.45, 2.75) is 0 Å². The fraction of sp³-hybridized carbons (Fsp3) is 0.0455. The van der Waals surface area contributed by atoms with E-state index < -0.39 is 0 Å². The zero-order chi connectivity index (χ0) is 19.7. The highest BCUT2D eigenvalue weighted by atomic mass is 35.5. The molecule has 28 heavy (non-hydrogen) atoms. The van der Waals surface area contributed by atoms with Crippen LogP contribution in [0.5, 0.6) is 5.75 Å². The summed E-state index contributed by atoms with van der Waals surface area (Å²) in [7, 11) is 1.51. The number of ether oxygens (including phenoxy) is 1. The summed E-state index contributed by atoms with van der Waals surface area (Å²) < 4.78 is 11.1. The number of para-hydroxylation sites is 1. The highest BCUT2D eigenvalue weighted by molar-refractivity contribution is 6.36. The number of anilines is 1. The van der Waals surface area contributed by atoms with Crippen LogP contribution in [-0.4, -0.2) is 13.0 Å². The van der Waals surface area contributed by atoms with E-state index in [1.54, 1.807) is 24.3 Å². The van der Waals surface area contributed by atoms with Crippen molar-refractivity contribution in [3.63, 3.8) is 0 Å². The van der Waals surface area contributed by atoms with Gasteiger partial charge in [-0.3, -0.25) is 4.79 Å². The molecule has 0 spiro atoms. The number of amides is 1. The summed E-state index contributed by atoms with van der Waals surface area (Å²) in [5.41, 5.74) is 2.78. The molecule has 0 aliphatic rings. The van der Waals surface area contributed by atoms with Crippen molar-refractivity contribution >= 4 is 62.8 Å². The Kier molecular flexibility index (Phi) is 4.99. The van der Waals surface area contributed by atoms with Gasteiger partial charge in [0, 0.05) is 39.2 Å². The molecule has 0 saturated carbocycles. The first-order valence-corrected chi connectivity index (χ1v) is 9.24. The van der Waals surface area contributed by atoms with Crippen LogP contribution in [0.1, 0.15) is 5.56 Å². The van der Waals surface area contributed by atoms with Gasteiger partial charge in [0.1, 0.15) is 16.9 Å². The molecule has 3 aromatic carbocycles. The molecule has 4 rings (SSSR count). The number of methoxy groups -OCH3 is 1. The van der Waals surface area contributed by atoms with Crippen LogP contribution in [0.15, 0.2) is 65.1 Å². The van der Waals surface area contributed by atoms with Gasteiger partial charge in [-0.2, -0.15) is 0 Å². The summed E-state index contributed by atoms with van der Waals surface area (Å²) in [5, 5.41) is 5.71. The van der Waals surface area contributed by atoms with E-state index in [9.17, 15) is 4.79 Å². The first-order chi connectivity index (χ1) is 13.5. The van der Waals surface area contributed by atoms with Gasteiger partial charge >= 0.3 is 0 Å². The smallest absolute Gasteiger partial charge is 0.248 e. The van der Waals surface area contributed by atoms with Crippen LogP contribution in [0.25, 0.3) is 28.0 Å². The van der Waals surface area contributed by atoms with E-state index in [2.05, 4.69) is 5.32 Å². The normalized spacial score (nSPS) is 11.4. The van der Waals surface area contributed by atoms with Gasteiger partial charge in [0.25, 0.3) is 0 Å². The third-order valence-electron chi connectivity index (χ3n) is 4.30. The van der Waals surface area contributed by atoms with Crippen molar-refractivity contribution in [2.24, 2.45) is 0 Å². The van der Waals surface area contributed by atoms with Gasteiger partial charge in [-0.25, -0.2) is 0 Å². The summed E-state index contributed by atoms with van der Waals surface area (Å²) in [6.45, 7) is 0. The van der Waals surface area contributed by atoms with Gasteiger partial charge in [-0.1, -0.05) is 41.4 Å². The van der Waals surface area contributed by atoms with Crippen LogP contribution in [0.4, 0.5) is 5.69 Å². The molecular weight excluding hydrogens is 397 g/mol. The first-order valence-electron chi connectivity index (χ1n) is 8.48. The Labute approximate surface area is 171 Å². The van der Waals surface area contributed by atoms with E-state index in [-0.39, 0.29) is 5.91 Å². The maximum atomic E-state index is 12.3. The van der Waals surface area contributed by atoms with Crippen LogP contribution >= 0.6 is 23.2 Å². The van der Waals surface area contributed by atoms with Crippen LogP contribution in [0.2, 0.25) is 10.0 Å². The SMILES string of the molecule is COc1c(Cl)cc(Cl)cc1C=CC(=O)Nc1ccc2c(c1)oc1ccccc12. The lowest BCUT2D eigenvalue weighted by Gasteiger charge is -2.08. The number of rotatable bonds is 4. The number of halogens is 2. The van der Waals surface area contributed by atoms with Gasteiger partial charge < -0.3 is 14.5 Å². The average molecular weight is 412 g/mol. The Balaban J connectivity index is 1.57. The van der Waals surface area contributed by atoms with Crippen molar-refractivity contribution < 1.29 is 13.9 Å².